The average molecular weight is 429 g/mol. The minimum atomic E-state index is -0.653. The average Bonchev–Trinajstić information content (AvgIpc) is 2.75. The van der Waals surface area contributed by atoms with Crippen LogP contribution in [0.4, 0.5) is 0 Å². The highest BCUT2D eigenvalue weighted by Gasteiger charge is 2.32. The molecule has 0 spiro atoms. The number of aliphatic hydroxyl groups is 1. The molecule has 0 atom stereocenters. The van der Waals surface area contributed by atoms with Crippen molar-refractivity contribution in [2.75, 3.05) is 79.1 Å². The third kappa shape index (κ3) is 16.7. The maximum atomic E-state index is 8.85. The monoisotopic (exact) mass is 429 g/mol. The Morgan fingerprint density at radius 1 is 0.600 bits per heavy atom. The van der Waals surface area contributed by atoms with E-state index in [9.17, 15) is 0 Å². The second kappa shape index (κ2) is 21.4. The topological polar surface area (TPSA) is 203 Å². The molecule has 0 aromatic rings. The molecule has 0 saturated carbocycles. The highest BCUT2D eigenvalue weighted by atomic mass is 16.5. The molecule has 0 amide bonds. The summed E-state index contributed by atoms with van der Waals surface area (Å²) >= 11 is 0. The molecule has 1 N–H and O–H groups in total. The third-order valence-electron chi connectivity index (χ3n) is 3.78. The first-order valence-electron chi connectivity index (χ1n) is 9.69. The lowest BCUT2D eigenvalue weighted by atomic mass is 9.92. The maximum Gasteiger partial charge on any atom is 0.0637 e. The molecule has 0 aromatic carbocycles. The van der Waals surface area contributed by atoms with Crippen LogP contribution in [0.15, 0.2) is 15.3 Å². The molecule has 14 heteroatoms. The van der Waals surface area contributed by atoms with Crippen LogP contribution in [0.2, 0.25) is 0 Å². The van der Waals surface area contributed by atoms with E-state index in [1.807, 2.05) is 0 Å². The second-order valence-corrected chi connectivity index (χ2v) is 6.36. The Morgan fingerprint density at radius 2 is 1.00 bits per heavy atom. The van der Waals surface area contributed by atoms with E-state index in [2.05, 4.69) is 30.1 Å². The summed E-state index contributed by atoms with van der Waals surface area (Å²) < 4.78 is 22.8. The van der Waals surface area contributed by atoms with Gasteiger partial charge in [-0.15, -0.1) is 0 Å². The molecule has 0 unspecified atom stereocenters. The Bertz CT molecular complexity index is 497. The first-order chi connectivity index (χ1) is 14.7. The van der Waals surface area contributed by atoms with Crippen molar-refractivity contribution in [2.24, 2.45) is 20.8 Å². The van der Waals surface area contributed by atoms with Crippen molar-refractivity contribution in [3.63, 3.8) is 0 Å². The summed E-state index contributed by atoms with van der Waals surface area (Å²) in [5.41, 5.74) is 24.4. The number of nitrogens with zero attached hydrogens (tertiary/aromatic N) is 9. The van der Waals surface area contributed by atoms with Crippen molar-refractivity contribution in [1.29, 1.82) is 0 Å². The van der Waals surface area contributed by atoms with Crippen LogP contribution in [-0.4, -0.2) is 84.2 Å². The minimum Gasteiger partial charge on any atom is -0.396 e. The molecule has 14 nitrogen and oxygen atoms in total. The zero-order valence-electron chi connectivity index (χ0n) is 17.2. The second-order valence-electron chi connectivity index (χ2n) is 6.36. The summed E-state index contributed by atoms with van der Waals surface area (Å²) in [5, 5.41) is 19.2. The van der Waals surface area contributed by atoms with Gasteiger partial charge >= 0.3 is 0 Å². The number of aliphatic hydroxyl groups excluding tert-OH is 1. The third-order valence-corrected chi connectivity index (χ3v) is 3.78. The summed E-state index contributed by atoms with van der Waals surface area (Å²) in [5.74, 6) is 0. The van der Waals surface area contributed by atoms with Crippen LogP contribution < -0.4 is 0 Å². The predicted molar refractivity (Wildman–Crippen MR) is 109 cm³/mol. The van der Waals surface area contributed by atoms with Crippen molar-refractivity contribution in [1.82, 2.24) is 0 Å². The van der Waals surface area contributed by atoms with Crippen LogP contribution >= 0.6 is 0 Å². The number of rotatable bonds is 22. The molecule has 0 fully saturated rings. The number of unbranched alkanes of at least 4 members (excludes halogenated alkanes) is 2. The van der Waals surface area contributed by atoms with E-state index >= 15 is 0 Å². The molecule has 0 saturated heterocycles. The summed E-state index contributed by atoms with van der Waals surface area (Å²) in [7, 11) is 0. The van der Waals surface area contributed by atoms with E-state index in [4.69, 9.17) is 40.6 Å². The molecule has 0 radical (unpaired) electrons. The summed E-state index contributed by atoms with van der Waals surface area (Å²) in [6.45, 7) is 2.95. The number of hydrogen-bond acceptors (Lipinski definition) is 8. The lowest BCUT2D eigenvalue weighted by molar-refractivity contribution is -0.104. The molecular weight excluding hydrogens is 398 g/mol. The molecule has 0 heterocycles. The summed E-state index contributed by atoms with van der Waals surface area (Å²) in [6.07, 6.45) is 2.39. The van der Waals surface area contributed by atoms with Gasteiger partial charge in [-0.3, -0.25) is 0 Å². The Balaban J connectivity index is 4.86. The first-order valence-corrected chi connectivity index (χ1v) is 9.69. The van der Waals surface area contributed by atoms with Crippen molar-refractivity contribution in [3.8, 4) is 0 Å². The van der Waals surface area contributed by atoms with Gasteiger partial charge in [0.05, 0.1) is 51.7 Å². The number of hydrogen-bond donors (Lipinski definition) is 1. The van der Waals surface area contributed by atoms with E-state index in [1.165, 1.54) is 0 Å². The Morgan fingerprint density at radius 3 is 1.37 bits per heavy atom. The fourth-order valence-corrected chi connectivity index (χ4v) is 2.35. The first kappa shape index (κ1) is 27.7. The van der Waals surface area contributed by atoms with Gasteiger partial charge < -0.3 is 24.1 Å². The fraction of sp³-hybridized carbons (Fsp3) is 1.00. The highest BCUT2D eigenvalue weighted by molar-refractivity contribution is 4.80. The predicted octanol–water partition coefficient (Wildman–Crippen LogP) is 3.13. The van der Waals surface area contributed by atoms with Gasteiger partial charge in [0.15, 0.2) is 0 Å². The lowest BCUT2D eigenvalue weighted by Gasteiger charge is -2.33. The largest absolute Gasteiger partial charge is 0.396 e. The fourth-order valence-electron chi connectivity index (χ4n) is 2.35. The molecule has 0 aliphatic heterocycles. The molecule has 0 aliphatic carbocycles. The quantitative estimate of drug-likeness (QED) is 0.119. The van der Waals surface area contributed by atoms with Gasteiger partial charge in [0, 0.05) is 47.6 Å². The number of azide groups is 3. The molecule has 0 rings (SSSR count). The van der Waals surface area contributed by atoms with Gasteiger partial charge in [-0.25, -0.2) is 0 Å². The van der Waals surface area contributed by atoms with Gasteiger partial charge in [-0.05, 0) is 35.9 Å². The van der Waals surface area contributed by atoms with Gasteiger partial charge in [-0.2, -0.15) is 0 Å². The Hall–Kier alpha value is -2.27. The van der Waals surface area contributed by atoms with Crippen LogP contribution in [-0.2, 0) is 18.9 Å². The molecule has 170 valence electrons. The molecular formula is C16H31N9O5. The Kier molecular flexibility index (Phi) is 19.8. The van der Waals surface area contributed by atoms with Crippen LogP contribution in [0.5, 0.6) is 0 Å². The van der Waals surface area contributed by atoms with Crippen molar-refractivity contribution >= 4 is 0 Å². The van der Waals surface area contributed by atoms with E-state index in [-0.39, 0.29) is 72.5 Å². The van der Waals surface area contributed by atoms with Gasteiger partial charge in [0.2, 0.25) is 0 Å². The lowest BCUT2D eigenvalue weighted by Crippen LogP contribution is -2.42. The highest BCUT2D eigenvalue weighted by Crippen LogP contribution is 2.21. The van der Waals surface area contributed by atoms with Crippen molar-refractivity contribution in [2.45, 2.75) is 19.3 Å². The van der Waals surface area contributed by atoms with Crippen molar-refractivity contribution in [3.05, 3.63) is 31.3 Å². The van der Waals surface area contributed by atoms with Crippen molar-refractivity contribution < 1.29 is 24.1 Å². The van der Waals surface area contributed by atoms with Crippen LogP contribution in [0.25, 0.3) is 31.3 Å². The smallest absolute Gasteiger partial charge is 0.0637 e. The maximum absolute atomic E-state index is 8.85. The van der Waals surface area contributed by atoms with Crippen LogP contribution in [0.3, 0.4) is 0 Å². The van der Waals surface area contributed by atoms with E-state index < -0.39 is 5.41 Å². The van der Waals surface area contributed by atoms with Gasteiger partial charge in [-0.1, -0.05) is 15.3 Å². The van der Waals surface area contributed by atoms with E-state index in [0.717, 1.165) is 19.3 Å². The normalized spacial score (nSPS) is 12.3. The molecule has 0 aromatic heterocycles. The van der Waals surface area contributed by atoms with Crippen LogP contribution in [0, 0.1) is 5.41 Å². The van der Waals surface area contributed by atoms with E-state index in [0.29, 0.717) is 6.61 Å². The van der Waals surface area contributed by atoms with Gasteiger partial charge in [0.1, 0.15) is 0 Å². The summed E-state index contributed by atoms with van der Waals surface area (Å²) in [4.78, 5) is 8.05. The Labute approximate surface area is 175 Å². The molecule has 0 aliphatic rings. The molecule has 30 heavy (non-hydrogen) atoms. The number of ether oxygens (including phenoxy) is 4. The minimum absolute atomic E-state index is 0.154. The molecule has 0 bridgehead atoms. The zero-order valence-corrected chi connectivity index (χ0v) is 17.2. The standard InChI is InChI=1S/C16H31N9O5/c17-23-20-4-9-28-13-16(14-29-10-5-21-24-18,15-30-11-6-22-25-19)12-27-8-3-1-2-7-26/h26H,1-15H2. The van der Waals surface area contributed by atoms with Gasteiger partial charge in [0.25, 0.3) is 0 Å². The van der Waals surface area contributed by atoms with Crippen LogP contribution in [0.1, 0.15) is 19.3 Å². The summed E-state index contributed by atoms with van der Waals surface area (Å²) in [6, 6.07) is 0. The zero-order chi connectivity index (χ0) is 22.2. The van der Waals surface area contributed by atoms with E-state index in [1.54, 1.807) is 0 Å². The SMILES string of the molecule is [N-]=[N+]=NCCOCC(COCCCCCO)(COCCN=[N+]=[N-])COCCN=[N+]=[N-].